The summed E-state index contributed by atoms with van der Waals surface area (Å²) in [6.07, 6.45) is 4.38. The third kappa shape index (κ3) is 5.53. The number of amides is 2. The van der Waals surface area contributed by atoms with Crippen molar-refractivity contribution in [3.8, 4) is 0 Å². The number of carbonyl (C=O) groups excluding carboxylic acids is 2. The Bertz CT molecular complexity index is 657. The molecule has 2 aliphatic rings. The lowest BCUT2D eigenvalue weighted by atomic mass is 9.96. The Morgan fingerprint density at radius 1 is 1.07 bits per heavy atom. The van der Waals surface area contributed by atoms with E-state index < -0.39 is 0 Å². The van der Waals surface area contributed by atoms with Gasteiger partial charge in [-0.15, -0.1) is 0 Å². The summed E-state index contributed by atoms with van der Waals surface area (Å²) >= 11 is 0. The van der Waals surface area contributed by atoms with Crippen molar-refractivity contribution in [3.05, 3.63) is 35.4 Å². The average molecular weight is 373 g/mol. The van der Waals surface area contributed by atoms with Crippen LogP contribution in [0.15, 0.2) is 24.3 Å². The molecule has 2 heterocycles. The fraction of sp³-hybridized carbons (Fsp3) is 0.619. The molecule has 0 saturated carbocycles. The summed E-state index contributed by atoms with van der Waals surface area (Å²) in [5, 5.41) is 0. The number of likely N-dealkylation sites (tertiary alicyclic amines) is 2. The first-order valence-electron chi connectivity index (χ1n) is 10.1. The number of rotatable bonds is 7. The molecule has 2 saturated heterocycles. The maximum Gasteiger partial charge on any atom is 0.231 e. The van der Waals surface area contributed by atoms with E-state index in [0.717, 1.165) is 25.9 Å². The van der Waals surface area contributed by atoms with Gasteiger partial charge in [-0.2, -0.15) is 0 Å². The zero-order chi connectivity index (χ0) is 19.2. The number of primary amides is 1. The van der Waals surface area contributed by atoms with Crippen LogP contribution in [0.3, 0.4) is 0 Å². The number of benzene rings is 1. The second kappa shape index (κ2) is 9.33. The minimum atomic E-state index is -0.327. The summed E-state index contributed by atoms with van der Waals surface area (Å²) in [6, 6.07) is 8.45. The van der Waals surface area contributed by atoms with Crippen molar-refractivity contribution in [1.29, 1.82) is 0 Å². The molecule has 148 valence electrons. The summed E-state index contributed by atoms with van der Waals surface area (Å²) in [5.41, 5.74) is 7.86. The highest BCUT2D eigenvalue weighted by atomic mass is 16.2. The van der Waals surface area contributed by atoms with Gasteiger partial charge >= 0.3 is 0 Å². The van der Waals surface area contributed by atoms with Crippen LogP contribution >= 0.6 is 0 Å². The quantitative estimate of drug-likeness (QED) is 0.786. The smallest absolute Gasteiger partial charge is 0.231 e. The lowest BCUT2D eigenvalue weighted by molar-refractivity contribution is -0.137. The normalized spacial score (nSPS) is 21.3. The molecule has 0 bridgehead atoms. The van der Waals surface area contributed by atoms with Crippen molar-refractivity contribution in [3.63, 3.8) is 0 Å². The molecule has 3 rings (SSSR count). The van der Waals surface area contributed by atoms with Gasteiger partial charge in [0.2, 0.25) is 11.8 Å². The Balaban J connectivity index is 1.60. The summed E-state index contributed by atoms with van der Waals surface area (Å²) in [7, 11) is 1.89. The topological polar surface area (TPSA) is 69.9 Å². The van der Waals surface area contributed by atoms with Crippen molar-refractivity contribution >= 4 is 11.8 Å². The maximum absolute atomic E-state index is 13.0. The summed E-state index contributed by atoms with van der Waals surface area (Å²) < 4.78 is 0. The van der Waals surface area contributed by atoms with Crippen LogP contribution in [0, 0.1) is 5.92 Å². The summed E-state index contributed by atoms with van der Waals surface area (Å²) in [4.78, 5) is 30.5. The van der Waals surface area contributed by atoms with Gasteiger partial charge in [-0.1, -0.05) is 24.3 Å². The lowest BCUT2D eigenvalue weighted by Gasteiger charge is -2.33. The molecule has 2 aliphatic heterocycles. The zero-order valence-corrected chi connectivity index (χ0v) is 16.4. The first-order valence-corrected chi connectivity index (χ1v) is 10.1. The van der Waals surface area contributed by atoms with Crippen LogP contribution in [0.1, 0.15) is 36.8 Å². The second-order valence-electron chi connectivity index (χ2n) is 7.99. The largest absolute Gasteiger partial charge is 0.369 e. The predicted molar refractivity (Wildman–Crippen MR) is 106 cm³/mol. The van der Waals surface area contributed by atoms with Crippen LogP contribution in [0.2, 0.25) is 0 Å². The highest BCUT2D eigenvalue weighted by molar-refractivity contribution is 5.79. The number of hydrogen-bond donors (Lipinski definition) is 1. The second-order valence-corrected chi connectivity index (χ2v) is 7.99. The van der Waals surface area contributed by atoms with Crippen molar-refractivity contribution in [2.75, 3.05) is 39.8 Å². The standard InChI is InChI=1S/C21H32N4O2/c1-23(21(27)19-9-6-12-25(15-19)16-20(22)26)13-17-7-2-3-8-18(17)14-24-10-4-5-11-24/h2-3,7-8,19H,4-6,9-16H2,1H3,(H2,22,26). The van der Waals surface area contributed by atoms with E-state index in [0.29, 0.717) is 13.1 Å². The van der Waals surface area contributed by atoms with Crippen molar-refractivity contribution in [2.45, 2.75) is 38.8 Å². The number of hydrogen-bond acceptors (Lipinski definition) is 4. The van der Waals surface area contributed by atoms with E-state index in [1.165, 1.54) is 37.1 Å². The van der Waals surface area contributed by atoms with Gasteiger partial charge in [-0.3, -0.25) is 19.4 Å². The molecule has 1 aromatic rings. The number of nitrogens with two attached hydrogens (primary N) is 1. The van der Waals surface area contributed by atoms with Crippen LogP contribution in [0.25, 0.3) is 0 Å². The molecule has 2 fully saturated rings. The zero-order valence-electron chi connectivity index (χ0n) is 16.4. The molecular weight excluding hydrogens is 340 g/mol. The molecule has 6 nitrogen and oxygen atoms in total. The van der Waals surface area contributed by atoms with Crippen molar-refractivity contribution in [1.82, 2.24) is 14.7 Å². The third-order valence-electron chi connectivity index (χ3n) is 5.73. The van der Waals surface area contributed by atoms with E-state index in [2.05, 4.69) is 29.2 Å². The SMILES string of the molecule is CN(Cc1ccccc1CN1CCCC1)C(=O)C1CCCN(CC(N)=O)C1. The Hall–Kier alpha value is -1.92. The van der Waals surface area contributed by atoms with Crippen LogP contribution in [-0.2, 0) is 22.7 Å². The van der Waals surface area contributed by atoms with Gasteiger partial charge in [0.05, 0.1) is 12.5 Å². The van der Waals surface area contributed by atoms with Crippen molar-refractivity contribution in [2.24, 2.45) is 11.7 Å². The molecule has 1 unspecified atom stereocenters. The van der Waals surface area contributed by atoms with Gasteiger partial charge in [-0.25, -0.2) is 0 Å². The average Bonchev–Trinajstić information content (AvgIpc) is 3.15. The van der Waals surface area contributed by atoms with E-state index >= 15 is 0 Å². The van der Waals surface area contributed by atoms with Crippen LogP contribution in [0.5, 0.6) is 0 Å². The number of nitrogens with zero attached hydrogens (tertiary/aromatic N) is 3. The first-order chi connectivity index (χ1) is 13.0. The molecule has 1 atom stereocenters. The van der Waals surface area contributed by atoms with Gasteiger partial charge in [-0.05, 0) is 56.4 Å². The summed E-state index contributed by atoms with van der Waals surface area (Å²) in [6.45, 7) is 5.65. The Morgan fingerprint density at radius 3 is 2.44 bits per heavy atom. The predicted octanol–water partition coefficient (Wildman–Crippen LogP) is 1.44. The van der Waals surface area contributed by atoms with Gasteiger partial charge < -0.3 is 10.6 Å². The molecule has 0 radical (unpaired) electrons. The van der Waals surface area contributed by atoms with E-state index in [1.807, 2.05) is 16.8 Å². The highest BCUT2D eigenvalue weighted by Gasteiger charge is 2.28. The lowest BCUT2D eigenvalue weighted by Crippen LogP contribution is -2.46. The van der Waals surface area contributed by atoms with Crippen LogP contribution in [0.4, 0.5) is 0 Å². The Kier molecular flexibility index (Phi) is 6.85. The van der Waals surface area contributed by atoms with E-state index in [-0.39, 0.29) is 24.3 Å². The van der Waals surface area contributed by atoms with Gasteiger partial charge in [0, 0.05) is 26.7 Å². The molecule has 6 heteroatoms. The molecular formula is C21H32N4O2. The Morgan fingerprint density at radius 2 is 1.74 bits per heavy atom. The monoisotopic (exact) mass is 372 g/mol. The summed E-state index contributed by atoms with van der Waals surface area (Å²) in [5.74, 6) is -0.207. The number of piperidine rings is 1. The molecule has 2 N–H and O–H groups in total. The van der Waals surface area contributed by atoms with Gasteiger partial charge in [0.15, 0.2) is 0 Å². The molecule has 0 aliphatic carbocycles. The van der Waals surface area contributed by atoms with E-state index in [9.17, 15) is 9.59 Å². The molecule has 1 aromatic carbocycles. The van der Waals surface area contributed by atoms with E-state index in [4.69, 9.17) is 5.73 Å². The van der Waals surface area contributed by atoms with Gasteiger partial charge in [0.25, 0.3) is 0 Å². The molecule has 0 spiro atoms. The fourth-order valence-electron chi connectivity index (χ4n) is 4.31. The van der Waals surface area contributed by atoms with Crippen LogP contribution in [-0.4, -0.2) is 66.3 Å². The highest BCUT2D eigenvalue weighted by Crippen LogP contribution is 2.21. The van der Waals surface area contributed by atoms with Crippen molar-refractivity contribution < 1.29 is 9.59 Å². The Labute approximate surface area is 162 Å². The minimum Gasteiger partial charge on any atom is -0.369 e. The van der Waals surface area contributed by atoms with E-state index in [1.54, 1.807) is 0 Å². The molecule has 2 amide bonds. The number of carbonyl (C=O) groups is 2. The molecule has 27 heavy (non-hydrogen) atoms. The molecule has 0 aromatic heterocycles. The van der Waals surface area contributed by atoms with Crippen LogP contribution < -0.4 is 5.73 Å². The minimum absolute atomic E-state index is 0.0474. The van der Waals surface area contributed by atoms with Gasteiger partial charge in [0.1, 0.15) is 0 Å². The third-order valence-corrected chi connectivity index (χ3v) is 5.73. The first kappa shape index (κ1) is 19.8. The fourth-order valence-corrected chi connectivity index (χ4v) is 4.31. The maximum atomic E-state index is 13.0.